The fourth-order valence-electron chi connectivity index (χ4n) is 1.76. The first-order valence-electron chi connectivity index (χ1n) is 5.50. The van der Waals surface area contributed by atoms with E-state index in [1.807, 2.05) is 11.8 Å². The molecule has 1 aliphatic heterocycles. The van der Waals surface area contributed by atoms with Crippen molar-refractivity contribution in [2.45, 2.75) is 57.3 Å². The molecule has 2 unspecified atom stereocenters. The second kappa shape index (κ2) is 5.92. The van der Waals surface area contributed by atoms with Gasteiger partial charge in [0.05, 0.1) is 6.10 Å². The Morgan fingerprint density at radius 1 is 1.31 bits per heavy atom. The minimum atomic E-state index is -0.0484. The highest BCUT2D eigenvalue weighted by Crippen LogP contribution is 2.29. The molecule has 1 heterocycles. The van der Waals surface area contributed by atoms with Gasteiger partial charge in [-0.05, 0) is 37.4 Å². The van der Waals surface area contributed by atoms with E-state index >= 15 is 0 Å². The van der Waals surface area contributed by atoms with Gasteiger partial charge in [-0.25, -0.2) is 0 Å². The van der Waals surface area contributed by atoms with Crippen molar-refractivity contribution in [2.24, 2.45) is 5.92 Å². The van der Waals surface area contributed by atoms with Crippen molar-refractivity contribution in [1.82, 2.24) is 0 Å². The van der Waals surface area contributed by atoms with Gasteiger partial charge in [-0.15, -0.1) is 0 Å². The van der Waals surface area contributed by atoms with Crippen LogP contribution in [0.1, 0.15) is 46.0 Å². The summed E-state index contributed by atoms with van der Waals surface area (Å²) in [5, 5.41) is 10.4. The summed E-state index contributed by atoms with van der Waals surface area (Å²) in [6.07, 6.45) is 6.00. The van der Waals surface area contributed by atoms with Gasteiger partial charge in [0.25, 0.3) is 0 Å². The third kappa shape index (κ3) is 4.37. The highest BCUT2D eigenvalue weighted by molar-refractivity contribution is 8.00. The predicted octanol–water partition coefficient (Wildman–Crippen LogP) is 3.07. The van der Waals surface area contributed by atoms with E-state index in [1.165, 1.54) is 25.0 Å². The summed E-state index contributed by atoms with van der Waals surface area (Å²) in [6, 6.07) is 0. The first kappa shape index (κ1) is 11.4. The number of hydrogen-bond acceptors (Lipinski definition) is 2. The number of aliphatic hydroxyl groups is 1. The Hall–Kier alpha value is 0.310. The zero-order chi connectivity index (χ0) is 9.68. The third-order valence-electron chi connectivity index (χ3n) is 2.68. The molecule has 13 heavy (non-hydrogen) atoms. The quantitative estimate of drug-likeness (QED) is 0.756. The smallest absolute Gasteiger partial charge is 0.0658 e. The second-order valence-corrected chi connectivity index (χ2v) is 5.79. The van der Waals surface area contributed by atoms with Crippen LogP contribution in [-0.4, -0.2) is 22.2 Å². The molecule has 1 aliphatic rings. The van der Waals surface area contributed by atoms with Gasteiger partial charge in [0.1, 0.15) is 0 Å². The molecule has 0 amide bonds. The zero-order valence-electron chi connectivity index (χ0n) is 8.83. The molecule has 0 radical (unpaired) electrons. The summed E-state index contributed by atoms with van der Waals surface area (Å²) >= 11 is 1.97. The molecular weight excluding hydrogens is 180 g/mol. The number of thioether (sulfide) groups is 1. The lowest BCUT2D eigenvalue weighted by Gasteiger charge is -2.26. The molecule has 0 aromatic carbocycles. The normalized spacial score (nSPS) is 26.3. The summed E-state index contributed by atoms with van der Waals surface area (Å²) in [7, 11) is 0. The van der Waals surface area contributed by atoms with E-state index in [9.17, 15) is 5.11 Å². The van der Waals surface area contributed by atoms with Crippen molar-refractivity contribution < 1.29 is 5.11 Å². The largest absolute Gasteiger partial charge is 0.392 e. The van der Waals surface area contributed by atoms with Crippen molar-refractivity contribution in [3.63, 3.8) is 0 Å². The lowest BCUT2D eigenvalue weighted by atomic mass is 10.0. The lowest BCUT2D eigenvalue weighted by molar-refractivity contribution is 0.148. The lowest BCUT2D eigenvalue weighted by Crippen LogP contribution is -2.26. The molecule has 1 nitrogen and oxygen atoms in total. The number of aliphatic hydroxyl groups excluding tert-OH is 1. The zero-order valence-corrected chi connectivity index (χ0v) is 9.65. The van der Waals surface area contributed by atoms with Gasteiger partial charge in [-0.2, -0.15) is 11.8 Å². The van der Waals surface area contributed by atoms with Crippen LogP contribution in [-0.2, 0) is 0 Å². The molecule has 1 saturated heterocycles. The van der Waals surface area contributed by atoms with Crippen molar-refractivity contribution in [2.75, 3.05) is 5.75 Å². The van der Waals surface area contributed by atoms with Crippen molar-refractivity contribution in [3.05, 3.63) is 0 Å². The maximum atomic E-state index is 9.90. The monoisotopic (exact) mass is 202 g/mol. The van der Waals surface area contributed by atoms with Gasteiger partial charge in [0.15, 0.2) is 0 Å². The first-order chi connectivity index (χ1) is 6.20. The summed E-state index contributed by atoms with van der Waals surface area (Å²) in [6.45, 7) is 4.45. The van der Waals surface area contributed by atoms with Crippen LogP contribution in [0, 0.1) is 5.92 Å². The summed E-state index contributed by atoms with van der Waals surface area (Å²) in [5.74, 6) is 1.98. The molecule has 1 N–H and O–H groups in total. The second-order valence-electron chi connectivity index (χ2n) is 4.44. The molecule has 78 valence electrons. The van der Waals surface area contributed by atoms with Gasteiger partial charge in [-0.3, -0.25) is 0 Å². The van der Waals surface area contributed by atoms with Crippen LogP contribution in [0.4, 0.5) is 0 Å². The summed E-state index contributed by atoms with van der Waals surface area (Å²) in [4.78, 5) is 0. The topological polar surface area (TPSA) is 20.2 Å². The third-order valence-corrected chi connectivity index (χ3v) is 4.19. The molecule has 1 fully saturated rings. The average Bonchev–Trinajstić information content (AvgIpc) is 2.15. The van der Waals surface area contributed by atoms with E-state index in [1.54, 1.807) is 0 Å². The molecular formula is C11H22OS. The predicted molar refractivity (Wildman–Crippen MR) is 60.2 cm³/mol. The Kier molecular flexibility index (Phi) is 5.18. The fraction of sp³-hybridized carbons (Fsp3) is 1.00. The van der Waals surface area contributed by atoms with Crippen LogP contribution in [0.3, 0.4) is 0 Å². The minimum Gasteiger partial charge on any atom is -0.392 e. The highest BCUT2D eigenvalue weighted by Gasteiger charge is 2.21. The van der Waals surface area contributed by atoms with Crippen LogP contribution >= 0.6 is 11.8 Å². The maximum Gasteiger partial charge on any atom is 0.0658 e. The molecule has 2 atom stereocenters. The van der Waals surface area contributed by atoms with E-state index in [0.29, 0.717) is 5.25 Å². The van der Waals surface area contributed by atoms with Gasteiger partial charge >= 0.3 is 0 Å². The van der Waals surface area contributed by atoms with E-state index in [4.69, 9.17) is 0 Å². The molecule has 0 saturated carbocycles. The molecule has 0 aromatic heterocycles. The Morgan fingerprint density at radius 2 is 2.08 bits per heavy atom. The van der Waals surface area contributed by atoms with Crippen LogP contribution < -0.4 is 0 Å². The summed E-state index contributed by atoms with van der Waals surface area (Å²) < 4.78 is 0. The standard InChI is InChI=1S/C11H22OS/c1-9(2)6-7-10(12)11-5-3-4-8-13-11/h9-12H,3-8H2,1-2H3. The molecule has 0 spiro atoms. The van der Waals surface area contributed by atoms with Gasteiger partial charge in [-0.1, -0.05) is 20.3 Å². The molecule has 0 aliphatic carbocycles. The Balaban J connectivity index is 2.17. The molecule has 0 aromatic rings. The molecule has 2 heteroatoms. The Morgan fingerprint density at radius 3 is 2.62 bits per heavy atom. The summed E-state index contributed by atoms with van der Waals surface area (Å²) in [5.41, 5.74) is 0. The molecule has 1 rings (SSSR count). The van der Waals surface area contributed by atoms with Crippen LogP contribution in [0.2, 0.25) is 0 Å². The first-order valence-corrected chi connectivity index (χ1v) is 6.54. The molecule has 0 bridgehead atoms. The van der Waals surface area contributed by atoms with E-state index < -0.39 is 0 Å². The van der Waals surface area contributed by atoms with E-state index in [2.05, 4.69) is 13.8 Å². The highest BCUT2D eigenvalue weighted by atomic mass is 32.2. The number of hydrogen-bond donors (Lipinski definition) is 1. The van der Waals surface area contributed by atoms with Gasteiger partial charge in [0.2, 0.25) is 0 Å². The van der Waals surface area contributed by atoms with Gasteiger partial charge in [0, 0.05) is 5.25 Å². The van der Waals surface area contributed by atoms with Crippen molar-refractivity contribution in [3.8, 4) is 0 Å². The number of rotatable bonds is 4. The Bertz CT molecular complexity index is 130. The Labute approximate surface area is 86.3 Å². The average molecular weight is 202 g/mol. The van der Waals surface area contributed by atoms with Crippen LogP contribution in [0.25, 0.3) is 0 Å². The van der Waals surface area contributed by atoms with Crippen LogP contribution in [0.5, 0.6) is 0 Å². The van der Waals surface area contributed by atoms with E-state index in [0.717, 1.165) is 18.8 Å². The van der Waals surface area contributed by atoms with Crippen LogP contribution in [0.15, 0.2) is 0 Å². The van der Waals surface area contributed by atoms with Gasteiger partial charge < -0.3 is 5.11 Å². The fourth-order valence-corrected chi connectivity index (χ4v) is 3.12. The van der Waals surface area contributed by atoms with Crippen molar-refractivity contribution >= 4 is 11.8 Å². The van der Waals surface area contributed by atoms with E-state index in [-0.39, 0.29) is 6.10 Å². The van der Waals surface area contributed by atoms with Crippen molar-refractivity contribution in [1.29, 1.82) is 0 Å². The SMILES string of the molecule is CC(C)CCC(O)C1CCCCS1. The maximum absolute atomic E-state index is 9.90. The minimum absolute atomic E-state index is 0.0484.